The number of carbonyl (C=O) groups is 1. The van der Waals surface area contributed by atoms with Crippen molar-refractivity contribution < 1.29 is 13.6 Å². The molecule has 1 aromatic carbocycles. The molecule has 0 amide bonds. The Balaban J connectivity index is 1.88. The summed E-state index contributed by atoms with van der Waals surface area (Å²) in [6.45, 7) is 0.0827. The largest absolute Gasteiger partial charge is 0.306 e. The van der Waals surface area contributed by atoms with E-state index >= 15 is 0 Å². The number of Topliss-reactive ketones (excluding diaryl/α,β-unsaturated/α-hetero) is 1. The maximum Gasteiger partial charge on any atom is 0.160 e. The van der Waals surface area contributed by atoms with Crippen LogP contribution >= 0.6 is 0 Å². The van der Waals surface area contributed by atoms with E-state index in [0.29, 0.717) is 18.7 Å². The molecule has 1 atom stereocenters. The van der Waals surface area contributed by atoms with Gasteiger partial charge in [0.2, 0.25) is 0 Å². The van der Waals surface area contributed by atoms with Gasteiger partial charge in [0.25, 0.3) is 0 Å². The predicted octanol–water partition coefficient (Wildman–Crippen LogP) is 1.20. The molecule has 1 N–H and O–H groups in total. The normalized spacial score (nSPS) is 12.2. The summed E-state index contributed by atoms with van der Waals surface area (Å²) in [6, 6.07) is 9.76. The van der Waals surface area contributed by atoms with Crippen LogP contribution in [-0.4, -0.2) is 29.3 Å². The minimum atomic E-state index is -1.99. The molecule has 0 spiro atoms. The molecule has 20 heavy (non-hydrogen) atoms. The smallest absolute Gasteiger partial charge is 0.160 e. The van der Waals surface area contributed by atoms with Crippen LogP contribution in [-0.2, 0) is 34.6 Å². The Bertz CT molecular complexity index is 598. The van der Waals surface area contributed by atoms with Gasteiger partial charge < -0.3 is 4.55 Å². The number of aryl methyl sites for hydroxylation is 1. The maximum atomic E-state index is 11.9. The molecule has 0 fully saturated rings. The van der Waals surface area contributed by atoms with E-state index in [0.717, 1.165) is 5.56 Å². The fourth-order valence-corrected chi connectivity index (χ4v) is 2.26. The molecule has 0 aliphatic carbocycles. The van der Waals surface area contributed by atoms with E-state index < -0.39 is 11.1 Å². The molecule has 1 heterocycles. The molecule has 2 rings (SSSR count). The second-order valence-corrected chi connectivity index (χ2v) is 5.26. The van der Waals surface area contributed by atoms with Gasteiger partial charge in [-0.1, -0.05) is 30.3 Å². The Labute approximate surface area is 119 Å². The first-order valence-corrected chi connectivity index (χ1v) is 7.42. The molecule has 0 bridgehead atoms. The van der Waals surface area contributed by atoms with Crippen LogP contribution in [0.3, 0.4) is 0 Å². The third kappa shape index (κ3) is 4.36. The van der Waals surface area contributed by atoms with Crippen molar-refractivity contribution in [1.82, 2.24) is 14.8 Å². The zero-order valence-corrected chi connectivity index (χ0v) is 11.6. The van der Waals surface area contributed by atoms with Crippen LogP contribution in [0, 0.1) is 0 Å². The predicted molar refractivity (Wildman–Crippen MR) is 74.3 cm³/mol. The van der Waals surface area contributed by atoms with Gasteiger partial charge in [0.15, 0.2) is 16.9 Å². The molecule has 106 valence electrons. The number of ketones is 1. The van der Waals surface area contributed by atoms with Gasteiger partial charge >= 0.3 is 0 Å². The Hall–Kier alpha value is -1.86. The number of benzene rings is 1. The first kappa shape index (κ1) is 14.5. The lowest BCUT2D eigenvalue weighted by Gasteiger charge is -2.04. The van der Waals surface area contributed by atoms with Crippen molar-refractivity contribution in [3.05, 3.63) is 48.0 Å². The van der Waals surface area contributed by atoms with Gasteiger partial charge in [-0.05, 0) is 12.0 Å². The fourth-order valence-electron chi connectivity index (χ4n) is 1.82. The lowest BCUT2D eigenvalue weighted by Crippen LogP contribution is -2.15. The van der Waals surface area contributed by atoms with E-state index in [2.05, 4.69) is 10.1 Å². The van der Waals surface area contributed by atoms with Crippen LogP contribution < -0.4 is 0 Å². The Morgan fingerprint density at radius 2 is 2.05 bits per heavy atom. The van der Waals surface area contributed by atoms with Gasteiger partial charge in [0.1, 0.15) is 24.4 Å². The first-order chi connectivity index (χ1) is 9.65. The summed E-state index contributed by atoms with van der Waals surface area (Å²) in [5.74, 6) is 0.245. The summed E-state index contributed by atoms with van der Waals surface area (Å²) in [4.78, 5) is 15.8. The van der Waals surface area contributed by atoms with Crippen LogP contribution in [0.25, 0.3) is 0 Å². The van der Waals surface area contributed by atoms with Crippen molar-refractivity contribution in [2.24, 2.45) is 0 Å². The van der Waals surface area contributed by atoms with Crippen molar-refractivity contribution in [1.29, 1.82) is 0 Å². The molecular weight excluding hydrogens is 278 g/mol. The average Bonchev–Trinajstić information content (AvgIpc) is 2.84. The number of hydrogen-bond acceptors (Lipinski definition) is 4. The third-order valence-electron chi connectivity index (χ3n) is 2.81. The highest BCUT2D eigenvalue weighted by molar-refractivity contribution is 7.78. The van der Waals surface area contributed by atoms with Crippen molar-refractivity contribution in [3.63, 3.8) is 0 Å². The maximum absolute atomic E-state index is 11.9. The van der Waals surface area contributed by atoms with Gasteiger partial charge in [0.05, 0.1) is 0 Å². The summed E-state index contributed by atoms with van der Waals surface area (Å²) in [5.41, 5.74) is 1.11. The zero-order chi connectivity index (χ0) is 14.4. The zero-order valence-electron chi connectivity index (χ0n) is 10.8. The Kier molecular flexibility index (Phi) is 5.14. The number of aromatic nitrogens is 3. The monoisotopic (exact) mass is 293 g/mol. The number of carbonyl (C=O) groups excluding carboxylic acids is 1. The topological polar surface area (TPSA) is 85.1 Å². The van der Waals surface area contributed by atoms with E-state index in [9.17, 15) is 9.00 Å². The summed E-state index contributed by atoms with van der Waals surface area (Å²) in [6.07, 6.45) is 2.37. The van der Waals surface area contributed by atoms with Gasteiger partial charge in [-0.25, -0.2) is 13.9 Å². The SMILES string of the molecule is O=C(CCc1ccccc1)Cn1ncnc1CS(=O)O. The van der Waals surface area contributed by atoms with E-state index in [1.54, 1.807) is 0 Å². The number of hydrogen-bond donors (Lipinski definition) is 1. The van der Waals surface area contributed by atoms with E-state index in [1.165, 1.54) is 11.0 Å². The second-order valence-electron chi connectivity index (χ2n) is 4.32. The Morgan fingerprint density at radius 3 is 2.75 bits per heavy atom. The highest BCUT2D eigenvalue weighted by Crippen LogP contribution is 2.05. The molecule has 0 saturated carbocycles. The molecule has 6 nitrogen and oxygen atoms in total. The van der Waals surface area contributed by atoms with Crippen LogP contribution in [0.1, 0.15) is 17.8 Å². The van der Waals surface area contributed by atoms with Gasteiger partial charge in [-0.15, -0.1) is 0 Å². The van der Waals surface area contributed by atoms with Crippen molar-refractivity contribution in [3.8, 4) is 0 Å². The highest BCUT2D eigenvalue weighted by Gasteiger charge is 2.11. The van der Waals surface area contributed by atoms with Crippen LogP contribution in [0.2, 0.25) is 0 Å². The average molecular weight is 293 g/mol. The molecule has 1 unspecified atom stereocenters. The molecule has 0 aliphatic rings. The molecule has 2 aromatic rings. The van der Waals surface area contributed by atoms with Gasteiger partial charge in [-0.2, -0.15) is 5.10 Å². The summed E-state index contributed by atoms with van der Waals surface area (Å²) in [7, 11) is 0. The molecule has 0 radical (unpaired) electrons. The van der Waals surface area contributed by atoms with Crippen LogP contribution in [0.15, 0.2) is 36.7 Å². The molecule has 0 saturated heterocycles. The lowest BCUT2D eigenvalue weighted by molar-refractivity contribution is -0.119. The molecular formula is C13H15N3O3S. The highest BCUT2D eigenvalue weighted by atomic mass is 32.2. The number of nitrogens with zero attached hydrogens (tertiary/aromatic N) is 3. The molecule has 7 heteroatoms. The minimum absolute atomic E-state index is 0.0179. The summed E-state index contributed by atoms with van der Waals surface area (Å²) in [5, 5.41) is 3.90. The van der Waals surface area contributed by atoms with Gasteiger partial charge in [0, 0.05) is 6.42 Å². The fraction of sp³-hybridized carbons (Fsp3) is 0.308. The molecule has 0 aliphatic heterocycles. The summed E-state index contributed by atoms with van der Waals surface area (Å²) < 4.78 is 21.0. The molecule has 1 aromatic heterocycles. The second kappa shape index (κ2) is 7.06. The van der Waals surface area contributed by atoms with Crippen molar-refractivity contribution in [2.45, 2.75) is 25.1 Å². The minimum Gasteiger partial charge on any atom is -0.306 e. The van der Waals surface area contributed by atoms with Crippen LogP contribution in [0.4, 0.5) is 0 Å². The van der Waals surface area contributed by atoms with Crippen molar-refractivity contribution >= 4 is 16.9 Å². The standard InChI is InChI=1S/C13H15N3O3S/c17-12(7-6-11-4-2-1-3-5-11)8-16-13(9-20(18)19)14-10-15-16/h1-5,10H,6-9H2,(H,18,19). The van der Waals surface area contributed by atoms with Crippen LogP contribution in [0.5, 0.6) is 0 Å². The van der Waals surface area contributed by atoms with Crippen molar-refractivity contribution in [2.75, 3.05) is 0 Å². The third-order valence-corrected chi connectivity index (χ3v) is 3.31. The van der Waals surface area contributed by atoms with E-state index in [-0.39, 0.29) is 18.1 Å². The number of rotatable bonds is 7. The van der Waals surface area contributed by atoms with E-state index in [1.807, 2.05) is 30.3 Å². The summed E-state index contributed by atoms with van der Waals surface area (Å²) >= 11 is -1.99. The quantitative estimate of drug-likeness (QED) is 0.775. The Morgan fingerprint density at radius 1 is 1.30 bits per heavy atom. The first-order valence-electron chi connectivity index (χ1n) is 6.15. The van der Waals surface area contributed by atoms with E-state index in [4.69, 9.17) is 4.55 Å². The van der Waals surface area contributed by atoms with Gasteiger partial charge in [-0.3, -0.25) is 4.79 Å². The lowest BCUT2D eigenvalue weighted by atomic mass is 10.1.